The van der Waals surface area contributed by atoms with E-state index in [2.05, 4.69) is 0 Å². The van der Waals surface area contributed by atoms with E-state index in [9.17, 15) is 29.6 Å². The van der Waals surface area contributed by atoms with E-state index in [4.69, 9.17) is 0 Å². The molecule has 2 aromatic carbocycles. The van der Waals surface area contributed by atoms with Gasteiger partial charge in [0.2, 0.25) is 5.91 Å². The number of phenolic OH excluding ortho intramolecular Hbond substituents is 1. The molecule has 1 fully saturated rings. The van der Waals surface area contributed by atoms with Gasteiger partial charge in [0, 0.05) is 19.2 Å². The van der Waals surface area contributed by atoms with Crippen LogP contribution in [-0.2, 0) is 22.6 Å². The Morgan fingerprint density at radius 1 is 1.19 bits per heavy atom. The first-order chi connectivity index (χ1) is 14.8. The van der Waals surface area contributed by atoms with Crippen LogP contribution in [0.4, 0.5) is 10.5 Å². The highest BCUT2D eigenvalue weighted by Gasteiger charge is 2.37. The molecule has 158 valence electrons. The number of benzene rings is 2. The molecule has 2 aliphatic rings. The van der Waals surface area contributed by atoms with Crippen LogP contribution in [0.2, 0.25) is 0 Å². The summed E-state index contributed by atoms with van der Waals surface area (Å²) >= 11 is 0.668. The molecule has 0 saturated carbocycles. The highest BCUT2D eigenvalue weighted by molar-refractivity contribution is 8.18. The molecule has 4 rings (SSSR count). The number of aromatic hydroxyl groups is 1. The van der Waals surface area contributed by atoms with E-state index in [0.717, 1.165) is 22.6 Å². The van der Waals surface area contributed by atoms with Crippen LogP contribution in [-0.4, -0.2) is 50.0 Å². The zero-order valence-electron chi connectivity index (χ0n) is 16.2. The second-order valence-electron chi connectivity index (χ2n) is 7.11. The predicted octanol–water partition coefficient (Wildman–Crippen LogP) is 2.92. The highest BCUT2D eigenvalue weighted by atomic mass is 32.2. The highest BCUT2D eigenvalue weighted by Crippen LogP contribution is 2.34. The summed E-state index contributed by atoms with van der Waals surface area (Å²) in [6.45, 7) is 0.581. The molecule has 0 aromatic heterocycles. The Bertz CT molecular complexity index is 1150. The number of hydrogen-bond acceptors (Lipinski definition) is 7. The fourth-order valence-electron chi connectivity index (χ4n) is 3.51. The molecule has 2 aromatic rings. The minimum atomic E-state index is -0.742. The van der Waals surface area contributed by atoms with Gasteiger partial charge in [0.25, 0.3) is 11.1 Å². The second kappa shape index (κ2) is 8.23. The van der Waals surface area contributed by atoms with Crippen LogP contribution in [0.5, 0.6) is 5.75 Å². The van der Waals surface area contributed by atoms with Gasteiger partial charge in [-0.3, -0.25) is 29.4 Å². The average Bonchev–Trinajstić information content (AvgIpc) is 3.01. The van der Waals surface area contributed by atoms with Crippen molar-refractivity contribution < 1.29 is 24.4 Å². The van der Waals surface area contributed by atoms with Crippen LogP contribution < -0.4 is 0 Å². The molecular formula is C21H17N3O6S. The van der Waals surface area contributed by atoms with Crippen LogP contribution in [0, 0.1) is 10.1 Å². The van der Waals surface area contributed by atoms with E-state index >= 15 is 0 Å². The van der Waals surface area contributed by atoms with Crippen LogP contribution in [0.1, 0.15) is 16.7 Å². The molecule has 0 spiro atoms. The molecule has 3 amide bonds. The maximum absolute atomic E-state index is 12.7. The number of carbonyl (C=O) groups excluding carboxylic acids is 3. The Morgan fingerprint density at radius 2 is 1.94 bits per heavy atom. The second-order valence-corrected chi connectivity index (χ2v) is 8.10. The summed E-state index contributed by atoms with van der Waals surface area (Å²) in [7, 11) is 0. The van der Waals surface area contributed by atoms with Gasteiger partial charge in [-0.25, -0.2) is 0 Å². The molecule has 9 nitrogen and oxygen atoms in total. The van der Waals surface area contributed by atoms with Gasteiger partial charge in [-0.1, -0.05) is 30.3 Å². The van der Waals surface area contributed by atoms with Gasteiger partial charge in [0.05, 0.1) is 9.83 Å². The quantitative estimate of drug-likeness (QED) is 0.442. The summed E-state index contributed by atoms with van der Waals surface area (Å²) in [5.74, 6) is -1.45. The van der Waals surface area contributed by atoms with Crippen LogP contribution in [0.3, 0.4) is 0 Å². The van der Waals surface area contributed by atoms with Crippen molar-refractivity contribution in [2.45, 2.75) is 13.0 Å². The van der Waals surface area contributed by atoms with E-state index in [1.165, 1.54) is 17.7 Å². The summed E-state index contributed by atoms with van der Waals surface area (Å²) < 4.78 is 0. The molecular weight excluding hydrogens is 422 g/mol. The number of thioether (sulfide) groups is 1. The first kappa shape index (κ1) is 20.6. The van der Waals surface area contributed by atoms with Gasteiger partial charge in [0.1, 0.15) is 6.54 Å². The summed E-state index contributed by atoms with van der Waals surface area (Å²) in [4.78, 5) is 50.5. The topological polar surface area (TPSA) is 121 Å². The Labute approximate surface area is 181 Å². The number of carbonyl (C=O) groups is 3. The summed E-state index contributed by atoms with van der Waals surface area (Å²) in [5.41, 5.74) is 2.01. The largest absolute Gasteiger partial charge is 0.502 e. The number of phenols is 1. The maximum atomic E-state index is 12.7. The molecule has 10 heteroatoms. The lowest BCUT2D eigenvalue weighted by atomic mass is 10.00. The molecule has 2 aliphatic heterocycles. The van der Waals surface area contributed by atoms with Crippen molar-refractivity contribution in [3.8, 4) is 5.75 Å². The first-order valence-corrected chi connectivity index (χ1v) is 10.2. The fraction of sp³-hybridized carbons (Fsp3) is 0.190. The third-order valence-electron chi connectivity index (χ3n) is 5.14. The monoisotopic (exact) mass is 439 g/mol. The molecule has 31 heavy (non-hydrogen) atoms. The molecule has 1 saturated heterocycles. The van der Waals surface area contributed by atoms with Crippen molar-refractivity contribution in [2.75, 3.05) is 13.1 Å². The van der Waals surface area contributed by atoms with Gasteiger partial charge in [0.15, 0.2) is 5.75 Å². The normalized spacial score (nSPS) is 17.2. The standard InChI is InChI=1S/C21H17N3O6S/c25-17-6-5-13(9-16(17)24(29)30)10-18-20(27)23(21(28)31-18)12-19(26)22-8-7-14-3-1-2-4-15(14)11-22/h1-6,9-10,25H,7-8,11-12H2/b18-10-. The van der Waals surface area contributed by atoms with Crippen molar-refractivity contribution in [2.24, 2.45) is 0 Å². The molecule has 0 unspecified atom stereocenters. The van der Waals surface area contributed by atoms with Crippen molar-refractivity contribution >= 4 is 40.6 Å². The molecule has 0 atom stereocenters. The molecule has 1 N–H and O–H groups in total. The van der Waals surface area contributed by atoms with Gasteiger partial charge in [-0.15, -0.1) is 0 Å². The lowest BCUT2D eigenvalue weighted by Gasteiger charge is -2.29. The zero-order chi connectivity index (χ0) is 22.1. The summed E-state index contributed by atoms with van der Waals surface area (Å²) in [6, 6.07) is 11.5. The predicted molar refractivity (Wildman–Crippen MR) is 113 cm³/mol. The molecule has 0 bridgehead atoms. The number of nitro benzene ring substituents is 1. The number of nitrogens with zero attached hydrogens (tertiary/aromatic N) is 3. The number of hydrogen-bond donors (Lipinski definition) is 1. The van der Waals surface area contributed by atoms with Crippen molar-refractivity contribution in [1.82, 2.24) is 9.80 Å². The van der Waals surface area contributed by atoms with Gasteiger partial charge >= 0.3 is 5.69 Å². The Balaban J connectivity index is 1.48. The van der Waals surface area contributed by atoms with E-state index in [1.807, 2.05) is 24.3 Å². The fourth-order valence-corrected chi connectivity index (χ4v) is 4.35. The minimum Gasteiger partial charge on any atom is -0.502 e. The lowest BCUT2D eigenvalue weighted by Crippen LogP contribution is -2.44. The average molecular weight is 439 g/mol. The van der Waals surface area contributed by atoms with Gasteiger partial charge in [-0.2, -0.15) is 0 Å². The number of fused-ring (bicyclic) bond motifs is 1. The number of nitro groups is 1. The maximum Gasteiger partial charge on any atom is 0.311 e. The molecule has 0 radical (unpaired) electrons. The van der Waals surface area contributed by atoms with E-state index < -0.39 is 27.5 Å². The molecule has 2 heterocycles. The first-order valence-electron chi connectivity index (χ1n) is 9.41. The molecule has 0 aliphatic carbocycles. The number of amides is 3. The van der Waals surface area contributed by atoms with Gasteiger partial charge < -0.3 is 10.0 Å². The third kappa shape index (κ3) is 4.15. The summed E-state index contributed by atoms with van der Waals surface area (Å²) in [6.07, 6.45) is 2.04. The third-order valence-corrected chi connectivity index (χ3v) is 6.05. The number of imide groups is 1. The SMILES string of the molecule is O=C(CN1C(=O)S/C(=C\c2ccc(O)c([N+](=O)[O-])c2)C1=O)N1CCc2ccccc2C1. The van der Waals surface area contributed by atoms with Crippen LogP contribution >= 0.6 is 11.8 Å². The Morgan fingerprint density at radius 3 is 2.68 bits per heavy atom. The van der Waals surface area contributed by atoms with Crippen LogP contribution in [0.25, 0.3) is 6.08 Å². The smallest absolute Gasteiger partial charge is 0.311 e. The van der Waals surface area contributed by atoms with Crippen LogP contribution in [0.15, 0.2) is 47.4 Å². The summed E-state index contributed by atoms with van der Waals surface area (Å²) in [5, 5.41) is 20.0. The van der Waals surface area contributed by atoms with Crippen molar-refractivity contribution in [3.63, 3.8) is 0 Å². The Kier molecular flexibility index (Phi) is 5.47. The Hall–Kier alpha value is -3.66. The minimum absolute atomic E-state index is 0.0572. The van der Waals surface area contributed by atoms with E-state index in [-0.39, 0.29) is 22.9 Å². The zero-order valence-corrected chi connectivity index (χ0v) is 17.0. The van der Waals surface area contributed by atoms with Gasteiger partial charge in [-0.05, 0) is 47.0 Å². The van der Waals surface area contributed by atoms with E-state index in [1.54, 1.807) is 4.90 Å². The lowest BCUT2D eigenvalue weighted by molar-refractivity contribution is -0.385. The number of rotatable bonds is 4. The van der Waals surface area contributed by atoms with Crippen molar-refractivity contribution in [3.05, 3.63) is 74.2 Å². The van der Waals surface area contributed by atoms with Crippen molar-refractivity contribution in [1.29, 1.82) is 0 Å². The van der Waals surface area contributed by atoms with E-state index in [0.29, 0.717) is 31.3 Å².